The maximum atomic E-state index is 4.72. The van der Waals surface area contributed by atoms with Gasteiger partial charge in [-0.15, -0.1) is 0 Å². The highest BCUT2D eigenvalue weighted by atomic mass is 15.2. The molecule has 3 rings (SSSR count). The van der Waals surface area contributed by atoms with E-state index < -0.39 is 0 Å². The molecular formula is C15H20N4. The summed E-state index contributed by atoms with van der Waals surface area (Å²) in [5.41, 5.74) is 1.93. The van der Waals surface area contributed by atoms with Crippen molar-refractivity contribution in [3.05, 3.63) is 30.5 Å². The summed E-state index contributed by atoms with van der Waals surface area (Å²) >= 11 is 0. The van der Waals surface area contributed by atoms with Crippen LogP contribution in [-0.2, 0) is 0 Å². The number of hydrogen-bond acceptors (Lipinski definition) is 4. The Morgan fingerprint density at radius 2 is 2.00 bits per heavy atom. The molecule has 0 radical (unpaired) electrons. The third-order valence-corrected chi connectivity index (χ3v) is 3.89. The van der Waals surface area contributed by atoms with Crippen LogP contribution < -0.4 is 10.2 Å². The van der Waals surface area contributed by atoms with E-state index in [0.29, 0.717) is 6.04 Å². The number of anilines is 1. The Balaban J connectivity index is 1.85. The fourth-order valence-corrected chi connectivity index (χ4v) is 2.69. The molecule has 1 atom stereocenters. The van der Waals surface area contributed by atoms with Gasteiger partial charge in [-0.1, -0.05) is 12.1 Å². The van der Waals surface area contributed by atoms with Crippen LogP contribution in [-0.4, -0.2) is 36.1 Å². The van der Waals surface area contributed by atoms with Crippen LogP contribution in [0.2, 0.25) is 0 Å². The van der Waals surface area contributed by atoms with Crippen molar-refractivity contribution >= 4 is 16.9 Å². The Labute approximate surface area is 113 Å². The van der Waals surface area contributed by atoms with E-state index in [-0.39, 0.29) is 0 Å². The van der Waals surface area contributed by atoms with Crippen molar-refractivity contribution in [2.75, 3.05) is 25.0 Å². The minimum Gasteiger partial charge on any atom is -0.355 e. The van der Waals surface area contributed by atoms with Crippen molar-refractivity contribution in [3.63, 3.8) is 0 Å². The molecule has 4 nitrogen and oxygen atoms in total. The molecule has 1 unspecified atom stereocenters. The molecule has 1 aromatic carbocycles. The summed E-state index contributed by atoms with van der Waals surface area (Å²) < 4.78 is 0. The van der Waals surface area contributed by atoms with Gasteiger partial charge in [0.2, 0.25) is 0 Å². The van der Waals surface area contributed by atoms with E-state index in [1.165, 1.54) is 19.3 Å². The van der Waals surface area contributed by atoms with Gasteiger partial charge in [-0.25, -0.2) is 4.98 Å². The molecule has 0 saturated carbocycles. The molecule has 0 amide bonds. The summed E-state index contributed by atoms with van der Waals surface area (Å²) in [6.07, 6.45) is 5.51. The summed E-state index contributed by atoms with van der Waals surface area (Å²) in [6, 6.07) is 8.59. The summed E-state index contributed by atoms with van der Waals surface area (Å²) in [5, 5.41) is 3.45. The molecular weight excluding hydrogens is 236 g/mol. The van der Waals surface area contributed by atoms with Crippen LogP contribution in [0.5, 0.6) is 0 Å². The van der Waals surface area contributed by atoms with Crippen LogP contribution in [0.4, 0.5) is 5.82 Å². The van der Waals surface area contributed by atoms with Crippen molar-refractivity contribution in [2.45, 2.75) is 25.3 Å². The highest BCUT2D eigenvalue weighted by molar-refractivity contribution is 5.75. The highest BCUT2D eigenvalue weighted by Gasteiger charge is 2.18. The number of nitrogens with one attached hydrogen (secondary N) is 1. The standard InChI is InChI=1S/C15H20N4/c1-19(12-5-4-9-16-10-8-12)15-11-17-13-6-2-3-7-14(13)18-15/h2-3,6-7,11-12,16H,4-5,8-10H2,1H3. The molecule has 2 heterocycles. The zero-order chi connectivity index (χ0) is 13.1. The van der Waals surface area contributed by atoms with Crippen LogP contribution in [0, 0.1) is 0 Å². The van der Waals surface area contributed by atoms with Crippen molar-refractivity contribution in [1.29, 1.82) is 0 Å². The normalized spacial score (nSPS) is 20.2. The second-order valence-corrected chi connectivity index (χ2v) is 5.16. The number of para-hydroxylation sites is 2. The Morgan fingerprint density at radius 1 is 1.16 bits per heavy atom. The highest BCUT2D eigenvalue weighted by Crippen LogP contribution is 2.20. The molecule has 1 saturated heterocycles. The van der Waals surface area contributed by atoms with Gasteiger partial charge in [0, 0.05) is 13.1 Å². The molecule has 0 bridgehead atoms. The van der Waals surface area contributed by atoms with Gasteiger partial charge in [-0.2, -0.15) is 0 Å². The second kappa shape index (κ2) is 5.53. The molecule has 0 aliphatic carbocycles. The van der Waals surface area contributed by atoms with E-state index in [9.17, 15) is 0 Å². The predicted molar refractivity (Wildman–Crippen MR) is 78.4 cm³/mol. The maximum Gasteiger partial charge on any atom is 0.147 e. The zero-order valence-electron chi connectivity index (χ0n) is 11.3. The lowest BCUT2D eigenvalue weighted by Gasteiger charge is -2.27. The lowest BCUT2D eigenvalue weighted by Crippen LogP contribution is -2.33. The maximum absolute atomic E-state index is 4.72. The average Bonchev–Trinajstić information content (AvgIpc) is 2.75. The topological polar surface area (TPSA) is 41.1 Å². The Bertz CT molecular complexity index is 547. The minimum absolute atomic E-state index is 0.561. The molecule has 1 aromatic heterocycles. The van der Waals surface area contributed by atoms with Crippen LogP contribution in [0.3, 0.4) is 0 Å². The number of fused-ring (bicyclic) bond motifs is 1. The summed E-state index contributed by atoms with van der Waals surface area (Å²) in [7, 11) is 2.13. The first-order valence-corrected chi connectivity index (χ1v) is 7.00. The molecule has 1 aliphatic rings. The largest absolute Gasteiger partial charge is 0.355 e. The van der Waals surface area contributed by atoms with Gasteiger partial charge >= 0.3 is 0 Å². The third-order valence-electron chi connectivity index (χ3n) is 3.89. The van der Waals surface area contributed by atoms with Crippen LogP contribution in [0.25, 0.3) is 11.0 Å². The van der Waals surface area contributed by atoms with E-state index in [4.69, 9.17) is 4.98 Å². The number of rotatable bonds is 2. The first-order chi connectivity index (χ1) is 9.34. The average molecular weight is 256 g/mol. The molecule has 2 aromatic rings. The fourth-order valence-electron chi connectivity index (χ4n) is 2.69. The van der Waals surface area contributed by atoms with E-state index in [0.717, 1.165) is 29.9 Å². The van der Waals surface area contributed by atoms with Crippen LogP contribution in [0.15, 0.2) is 30.5 Å². The number of aromatic nitrogens is 2. The van der Waals surface area contributed by atoms with E-state index >= 15 is 0 Å². The quantitative estimate of drug-likeness (QED) is 0.894. The van der Waals surface area contributed by atoms with Gasteiger partial charge in [-0.3, -0.25) is 4.98 Å². The lowest BCUT2D eigenvalue weighted by molar-refractivity contribution is 0.562. The predicted octanol–water partition coefficient (Wildman–Crippen LogP) is 2.21. The molecule has 1 fully saturated rings. The van der Waals surface area contributed by atoms with E-state index in [1.807, 2.05) is 30.5 Å². The lowest BCUT2D eigenvalue weighted by atomic mass is 10.1. The first kappa shape index (κ1) is 12.4. The van der Waals surface area contributed by atoms with Crippen molar-refractivity contribution in [1.82, 2.24) is 15.3 Å². The summed E-state index contributed by atoms with van der Waals surface area (Å²) in [5.74, 6) is 0.977. The van der Waals surface area contributed by atoms with E-state index in [1.54, 1.807) is 0 Å². The Kier molecular flexibility index (Phi) is 3.60. The molecule has 19 heavy (non-hydrogen) atoms. The summed E-state index contributed by atoms with van der Waals surface area (Å²) in [6.45, 7) is 2.23. The van der Waals surface area contributed by atoms with Gasteiger partial charge in [0.15, 0.2) is 0 Å². The van der Waals surface area contributed by atoms with Gasteiger partial charge in [0.1, 0.15) is 5.82 Å². The van der Waals surface area contributed by atoms with Crippen molar-refractivity contribution in [3.8, 4) is 0 Å². The SMILES string of the molecule is CN(c1cnc2ccccc2n1)C1CCCNCC1. The van der Waals surface area contributed by atoms with Gasteiger partial charge in [-0.05, 0) is 44.5 Å². The van der Waals surface area contributed by atoms with Crippen molar-refractivity contribution in [2.24, 2.45) is 0 Å². The van der Waals surface area contributed by atoms with Gasteiger partial charge in [0.25, 0.3) is 0 Å². The number of benzene rings is 1. The van der Waals surface area contributed by atoms with Gasteiger partial charge < -0.3 is 10.2 Å². The van der Waals surface area contributed by atoms with Crippen LogP contribution in [0.1, 0.15) is 19.3 Å². The molecule has 0 spiro atoms. The fraction of sp³-hybridized carbons (Fsp3) is 0.467. The minimum atomic E-state index is 0.561. The second-order valence-electron chi connectivity index (χ2n) is 5.16. The van der Waals surface area contributed by atoms with E-state index in [2.05, 4.69) is 22.2 Å². The monoisotopic (exact) mass is 256 g/mol. The number of hydrogen-bond donors (Lipinski definition) is 1. The Morgan fingerprint density at radius 3 is 2.89 bits per heavy atom. The number of nitrogens with zero attached hydrogens (tertiary/aromatic N) is 3. The Hall–Kier alpha value is -1.68. The molecule has 1 aliphatic heterocycles. The first-order valence-electron chi connectivity index (χ1n) is 7.00. The zero-order valence-corrected chi connectivity index (χ0v) is 11.3. The molecule has 1 N–H and O–H groups in total. The molecule has 100 valence electrons. The summed E-state index contributed by atoms with van der Waals surface area (Å²) in [4.78, 5) is 11.5. The molecule has 4 heteroatoms. The van der Waals surface area contributed by atoms with Gasteiger partial charge in [0.05, 0.1) is 17.2 Å². The van der Waals surface area contributed by atoms with Crippen molar-refractivity contribution < 1.29 is 0 Å². The third kappa shape index (κ3) is 2.68. The van der Waals surface area contributed by atoms with Crippen LogP contribution >= 0.6 is 0 Å². The smallest absolute Gasteiger partial charge is 0.147 e.